The molecule has 0 amide bonds. The SMILES string of the molecule is [B]C1OC(COC(C)C)C(N[P+](=O)C(C)CC)C1OCC. The van der Waals surface area contributed by atoms with Gasteiger partial charge in [0, 0.05) is 12.6 Å². The first-order valence-electron chi connectivity index (χ1n) is 7.77. The Balaban J connectivity index is 2.74. The van der Waals surface area contributed by atoms with Crippen molar-refractivity contribution in [1.29, 1.82) is 0 Å². The second-order valence-corrected chi connectivity index (χ2v) is 7.47. The maximum atomic E-state index is 12.3. The predicted molar refractivity (Wildman–Crippen MR) is 85.2 cm³/mol. The van der Waals surface area contributed by atoms with Gasteiger partial charge in [-0.3, -0.25) is 0 Å². The van der Waals surface area contributed by atoms with Crippen LogP contribution in [0.3, 0.4) is 0 Å². The van der Waals surface area contributed by atoms with Crippen molar-refractivity contribution >= 4 is 15.8 Å². The number of hydrogen-bond donors (Lipinski definition) is 1. The molecule has 21 heavy (non-hydrogen) atoms. The summed E-state index contributed by atoms with van der Waals surface area (Å²) in [6.45, 7) is 10.8. The Morgan fingerprint density at radius 1 is 1.33 bits per heavy atom. The molecule has 0 aromatic carbocycles. The average Bonchev–Trinajstić information content (AvgIpc) is 2.73. The first kappa shape index (κ1) is 19.1. The van der Waals surface area contributed by atoms with Gasteiger partial charge < -0.3 is 14.2 Å². The molecule has 6 atom stereocenters. The lowest BCUT2D eigenvalue weighted by molar-refractivity contribution is -0.0241. The minimum absolute atomic E-state index is 0.103. The zero-order valence-electron chi connectivity index (χ0n) is 13.7. The van der Waals surface area contributed by atoms with Crippen molar-refractivity contribution in [3.05, 3.63) is 0 Å². The normalized spacial score (nSPS) is 31.6. The summed E-state index contributed by atoms with van der Waals surface area (Å²) in [6.07, 6.45) is 0.412. The van der Waals surface area contributed by atoms with Gasteiger partial charge in [-0.15, -0.1) is 5.09 Å². The Morgan fingerprint density at radius 3 is 2.52 bits per heavy atom. The molecule has 1 fully saturated rings. The largest absolute Gasteiger partial charge is 0.435 e. The molecule has 6 unspecified atom stereocenters. The molecular weight excluding hydrogens is 288 g/mol. The van der Waals surface area contributed by atoms with Crippen molar-refractivity contribution < 1.29 is 18.8 Å². The van der Waals surface area contributed by atoms with Gasteiger partial charge >= 0.3 is 7.95 Å². The Labute approximate surface area is 130 Å². The van der Waals surface area contributed by atoms with Crippen LogP contribution in [0.15, 0.2) is 0 Å². The van der Waals surface area contributed by atoms with E-state index in [-0.39, 0.29) is 30.0 Å². The van der Waals surface area contributed by atoms with Gasteiger partial charge in [0.05, 0.1) is 18.8 Å². The Hall–Kier alpha value is 0.00494. The summed E-state index contributed by atoms with van der Waals surface area (Å²) in [4.78, 5) is 0. The van der Waals surface area contributed by atoms with Crippen molar-refractivity contribution in [2.75, 3.05) is 13.2 Å². The van der Waals surface area contributed by atoms with Gasteiger partial charge in [-0.05, 0) is 34.1 Å². The first-order valence-corrected chi connectivity index (χ1v) is 9.10. The predicted octanol–water partition coefficient (Wildman–Crippen LogP) is 2.21. The molecule has 5 nitrogen and oxygen atoms in total. The summed E-state index contributed by atoms with van der Waals surface area (Å²) in [5, 5.41) is 3.17. The van der Waals surface area contributed by atoms with E-state index in [1.54, 1.807) is 0 Å². The number of nitrogens with one attached hydrogen (secondary N) is 1. The lowest BCUT2D eigenvalue weighted by Gasteiger charge is -2.21. The Morgan fingerprint density at radius 2 is 2.00 bits per heavy atom. The van der Waals surface area contributed by atoms with Gasteiger partial charge in [0.2, 0.25) is 0 Å². The van der Waals surface area contributed by atoms with Crippen LogP contribution >= 0.6 is 7.95 Å². The molecule has 7 heteroatoms. The van der Waals surface area contributed by atoms with Crippen LogP contribution in [0, 0.1) is 0 Å². The van der Waals surface area contributed by atoms with Crippen LogP contribution in [-0.2, 0) is 18.8 Å². The number of ether oxygens (including phenoxy) is 3. The van der Waals surface area contributed by atoms with E-state index in [1.165, 1.54) is 0 Å². The second-order valence-electron chi connectivity index (χ2n) is 5.68. The summed E-state index contributed by atoms with van der Waals surface area (Å²) in [5.41, 5.74) is 0.103. The highest BCUT2D eigenvalue weighted by molar-refractivity contribution is 7.43. The fourth-order valence-electron chi connectivity index (χ4n) is 2.20. The molecular formula is C14H28BNO4P+. The zero-order valence-corrected chi connectivity index (χ0v) is 14.6. The van der Waals surface area contributed by atoms with Crippen molar-refractivity contribution in [1.82, 2.24) is 5.09 Å². The minimum atomic E-state index is -1.53. The molecule has 0 bridgehead atoms. The van der Waals surface area contributed by atoms with Crippen LogP contribution in [0.25, 0.3) is 0 Å². The molecule has 0 spiro atoms. The van der Waals surface area contributed by atoms with Crippen molar-refractivity contribution in [3.8, 4) is 0 Å². The molecule has 2 radical (unpaired) electrons. The smallest absolute Gasteiger partial charge is 0.378 e. The zero-order chi connectivity index (χ0) is 16.0. The van der Waals surface area contributed by atoms with E-state index in [1.807, 2.05) is 34.6 Å². The molecule has 1 aliphatic rings. The van der Waals surface area contributed by atoms with Gasteiger partial charge in [-0.1, -0.05) is 11.5 Å². The van der Waals surface area contributed by atoms with Crippen molar-refractivity contribution in [3.63, 3.8) is 0 Å². The molecule has 1 heterocycles. The second kappa shape index (κ2) is 9.21. The lowest BCUT2D eigenvalue weighted by Crippen LogP contribution is -2.45. The van der Waals surface area contributed by atoms with E-state index in [2.05, 4.69) is 5.09 Å². The molecule has 0 aromatic rings. The van der Waals surface area contributed by atoms with Crippen LogP contribution in [0.1, 0.15) is 41.0 Å². The first-order chi connectivity index (χ1) is 9.90. The van der Waals surface area contributed by atoms with Crippen molar-refractivity contribution in [2.24, 2.45) is 0 Å². The van der Waals surface area contributed by atoms with Crippen LogP contribution in [0.2, 0.25) is 0 Å². The van der Waals surface area contributed by atoms with Gasteiger partial charge in [0.15, 0.2) is 5.66 Å². The molecule has 1 aliphatic heterocycles. The topological polar surface area (TPSA) is 56.8 Å². The van der Waals surface area contributed by atoms with Crippen LogP contribution in [-0.4, -0.2) is 57.1 Å². The Kier molecular flexibility index (Phi) is 8.36. The monoisotopic (exact) mass is 316 g/mol. The Bertz CT molecular complexity index is 332. The molecule has 1 saturated heterocycles. The molecule has 0 aliphatic carbocycles. The third-order valence-corrected chi connectivity index (χ3v) is 5.35. The van der Waals surface area contributed by atoms with Gasteiger partial charge in [0.1, 0.15) is 20.0 Å². The van der Waals surface area contributed by atoms with E-state index in [0.717, 1.165) is 6.42 Å². The minimum Gasteiger partial charge on any atom is -0.378 e. The maximum Gasteiger partial charge on any atom is 0.435 e. The number of rotatable bonds is 9. The average molecular weight is 316 g/mol. The van der Waals surface area contributed by atoms with Crippen LogP contribution < -0.4 is 5.09 Å². The third kappa shape index (κ3) is 5.61. The van der Waals surface area contributed by atoms with Gasteiger partial charge in [0.25, 0.3) is 0 Å². The van der Waals surface area contributed by atoms with E-state index in [4.69, 9.17) is 22.1 Å². The highest BCUT2D eigenvalue weighted by Crippen LogP contribution is 2.32. The molecule has 1 N–H and O–H groups in total. The standard InChI is InChI=1S/C14H28BNO4P/c1-6-10(5)21(17)16-12-11(8-19-9(3)4)20-14(15)13(12)18-7-2/h9-14H,6-8H2,1-5H3,(H,16,17)/q+1. The van der Waals surface area contributed by atoms with E-state index >= 15 is 0 Å². The molecule has 0 aromatic heterocycles. The van der Waals surface area contributed by atoms with Gasteiger partial charge in [-0.2, -0.15) is 0 Å². The molecule has 1 rings (SSSR count). The summed E-state index contributed by atoms with van der Waals surface area (Å²) in [5.74, 6) is 0. The third-order valence-electron chi connectivity index (χ3n) is 3.63. The highest BCUT2D eigenvalue weighted by atomic mass is 31.1. The lowest BCUT2D eigenvalue weighted by atomic mass is 9.92. The van der Waals surface area contributed by atoms with E-state index in [0.29, 0.717) is 13.2 Å². The summed E-state index contributed by atoms with van der Waals surface area (Å²) >= 11 is 0. The fourth-order valence-corrected chi connectivity index (χ4v) is 3.39. The van der Waals surface area contributed by atoms with Crippen molar-refractivity contribution in [2.45, 2.75) is 77.1 Å². The van der Waals surface area contributed by atoms with Crippen LogP contribution in [0.5, 0.6) is 0 Å². The highest BCUT2D eigenvalue weighted by Gasteiger charge is 2.47. The van der Waals surface area contributed by atoms with Gasteiger partial charge in [-0.25, -0.2) is 0 Å². The summed E-state index contributed by atoms with van der Waals surface area (Å²) < 4.78 is 29.4. The number of hydrogen-bond acceptors (Lipinski definition) is 4. The molecule has 120 valence electrons. The fraction of sp³-hybridized carbons (Fsp3) is 1.00. The quantitative estimate of drug-likeness (QED) is 0.522. The van der Waals surface area contributed by atoms with E-state index in [9.17, 15) is 4.57 Å². The maximum absolute atomic E-state index is 12.3. The van der Waals surface area contributed by atoms with Crippen LogP contribution in [0.4, 0.5) is 0 Å². The van der Waals surface area contributed by atoms with E-state index < -0.39 is 14.0 Å². The summed E-state index contributed by atoms with van der Waals surface area (Å²) in [7, 11) is 4.47. The summed E-state index contributed by atoms with van der Waals surface area (Å²) in [6, 6.07) is -0.736. The molecule has 0 saturated carbocycles.